The van der Waals surface area contributed by atoms with Gasteiger partial charge >= 0.3 is 0 Å². The van der Waals surface area contributed by atoms with E-state index in [1.165, 1.54) is 5.56 Å². The van der Waals surface area contributed by atoms with Crippen LogP contribution in [0.4, 0.5) is 0 Å². The predicted molar refractivity (Wildman–Crippen MR) is 70.3 cm³/mol. The van der Waals surface area contributed by atoms with E-state index in [0.717, 1.165) is 23.2 Å². The van der Waals surface area contributed by atoms with Crippen molar-refractivity contribution in [3.8, 4) is 5.75 Å². The van der Waals surface area contributed by atoms with Crippen molar-refractivity contribution in [2.75, 3.05) is 6.61 Å². The van der Waals surface area contributed by atoms with Crippen molar-refractivity contribution in [3.05, 3.63) is 39.1 Å². The summed E-state index contributed by atoms with van der Waals surface area (Å²) in [4.78, 5) is 0. The standard InChI is InChI=1S/C11H9BrOS2/c12-8-1-2-10-9(7-8)11(3-4-13-10)14-5-6-15-11/h1-2,5-7H,3-4H2. The van der Waals surface area contributed by atoms with Crippen LogP contribution in [0.1, 0.15) is 12.0 Å². The normalized spacial score (nSPS) is 21.4. The first-order chi connectivity index (χ1) is 7.30. The van der Waals surface area contributed by atoms with Gasteiger partial charge in [0.05, 0.1) is 6.61 Å². The van der Waals surface area contributed by atoms with Crippen molar-refractivity contribution in [1.29, 1.82) is 0 Å². The fourth-order valence-electron chi connectivity index (χ4n) is 1.90. The SMILES string of the molecule is Brc1ccc2c(c1)C1(CCO2)SC=CS1. The molecule has 3 rings (SSSR count). The van der Waals surface area contributed by atoms with Gasteiger partial charge in [-0.2, -0.15) is 0 Å². The number of rotatable bonds is 0. The first-order valence-electron chi connectivity index (χ1n) is 4.74. The molecular formula is C11H9BrOS2. The van der Waals surface area contributed by atoms with Gasteiger partial charge in [0, 0.05) is 16.5 Å². The summed E-state index contributed by atoms with van der Waals surface area (Å²) in [7, 11) is 0. The lowest BCUT2D eigenvalue weighted by atomic mass is 10.1. The molecule has 1 spiro atoms. The van der Waals surface area contributed by atoms with E-state index < -0.39 is 0 Å². The highest BCUT2D eigenvalue weighted by molar-refractivity contribution is 9.10. The Bertz CT molecular complexity index is 423. The summed E-state index contributed by atoms with van der Waals surface area (Å²) in [5.41, 5.74) is 1.31. The number of halogens is 1. The van der Waals surface area contributed by atoms with E-state index in [9.17, 15) is 0 Å². The van der Waals surface area contributed by atoms with Crippen LogP contribution in [0.3, 0.4) is 0 Å². The first-order valence-corrected chi connectivity index (χ1v) is 7.29. The van der Waals surface area contributed by atoms with Crippen LogP contribution in [-0.2, 0) is 4.08 Å². The third-order valence-corrected chi connectivity index (χ3v) is 6.01. The second kappa shape index (κ2) is 3.75. The van der Waals surface area contributed by atoms with E-state index in [1.54, 1.807) is 0 Å². The summed E-state index contributed by atoms with van der Waals surface area (Å²) in [6.07, 6.45) is 1.07. The monoisotopic (exact) mass is 300 g/mol. The first kappa shape index (κ1) is 10.1. The quantitative estimate of drug-likeness (QED) is 0.705. The second-order valence-electron chi connectivity index (χ2n) is 3.50. The predicted octanol–water partition coefficient (Wildman–Crippen LogP) is 4.34. The minimum Gasteiger partial charge on any atom is -0.493 e. The molecule has 0 atom stereocenters. The van der Waals surface area contributed by atoms with Gasteiger partial charge < -0.3 is 4.74 Å². The van der Waals surface area contributed by atoms with Gasteiger partial charge in [-0.25, -0.2) is 0 Å². The molecule has 0 radical (unpaired) electrons. The van der Waals surface area contributed by atoms with Gasteiger partial charge in [-0.3, -0.25) is 0 Å². The van der Waals surface area contributed by atoms with Crippen LogP contribution in [0.5, 0.6) is 5.75 Å². The molecule has 1 aromatic carbocycles. The molecule has 0 aliphatic carbocycles. The summed E-state index contributed by atoms with van der Waals surface area (Å²) in [5, 5.41) is 4.36. The number of hydrogen-bond donors (Lipinski definition) is 0. The highest BCUT2D eigenvalue weighted by Crippen LogP contribution is 2.59. The van der Waals surface area contributed by atoms with Crippen LogP contribution in [0.15, 0.2) is 33.5 Å². The summed E-state index contributed by atoms with van der Waals surface area (Å²) in [6, 6.07) is 6.27. The van der Waals surface area contributed by atoms with Gasteiger partial charge in [-0.15, -0.1) is 23.5 Å². The number of fused-ring (bicyclic) bond motifs is 2. The lowest BCUT2D eigenvalue weighted by molar-refractivity contribution is 0.280. The molecule has 2 heterocycles. The van der Waals surface area contributed by atoms with Gasteiger partial charge in [0.15, 0.2) is 0 Å². The topological polar surface area (TPSA) is 9.23 Å². The van der Waals surface area contributed by atoms with Crippen molar-refractivity contribution in [2.45, 2.75) is 10.5 Å². The van der Waals surface area contributed by atoms with E-state index in [0.29, 0.717) is 0 Å². The Morgan fingerprint density at radius 2 is 2.07 bits per heavy atom. The molecule has 0 amide bonds. The van der Waals surface area contributed by atoms with E-state index in [1.807, 2.05) is 29.6 Å². The van der Waals surface area contributed by atoms with Gasteiger partial charge in [0.2, 0.25) is 0 Å². The van der Waals surface area contributed by atoms with E-state index in [4.69, 9.17) is 4.74 Å². The number of thioether (sulfide) groups is 2. The fourth-order valence-corrected chi connectivity index (χ4v) is 4.68. The van der Waals surface area contributed by atoms with Crippen molar-refractivity contribution >= 4 is 39.5 Å². The van der Waals surface area contributed by atoms with Gasteiger partial charge in [0.25, 0.3) is 0 Å². The van der Waals surface area contributed by atoms with Crippen LogP contribution < -0.4 is 4.74 Å². The van der Waals surface area contributed by atoms with Crippen LogP contribution >= 0.6 is 39.5 Å². The zero-order valence-electron chi connectivity index (χ0n) is 7.90. The summed E-state index contributed by atoms with van der Waals surface area (Å²) in [6.45, 7) is 0.816. The maximum Gasteiger partial charge on any atom is 0.124 e. The van der Waals surface area contributed by atoms with Crippen LogP contribution in [0.25, 0.3) is 0 Å². The number of ether oxygens (including phenoxy) is 1. The zero-order chi connectivity index (χ0) is 10.3. The number of hydrogen-bond acceptors (Lipinski definition) is 3. The molecule has 0 aromatic heterocycles. The maximum absolute atomic E-state index is 5.69. The molecule has 0 bridgehead atoms. The Morgan fingerprint density at radius 1 is 1.27 bits per heavy atom. The molecule has 4 heteroatoms. The minimum absolute atomic E-state index is 0.164. The highest BCUT2D eigenvalue weighted by Gasteiger charge is 2.40. The third-order valence-electron chi connectivity index (χ3n) is 2.61. The van der Waals surface area contributed by atoms with E-state index >= 15 is 0 Å². The second-order valence-corrected chi connectivity index (χ2v) is 7.08. The molecule has 0 fully saturated rings. The Labute approximate surface area is 106 Å². The average Bonchev–Trinajstić information content (AvgIpc) is 2.69. The molecule has 0 saturated heterocycles. The Hall–Kier alpha value is -0.0600. The van der Waals surface area contributed by atoms with Crippen LogP contribution in [-0.4, -0.2) is 6.61 Å². The molecule has 0 unspecified atom stereocenters. The summed E-state index contributed by atoms with van der Waals surface area (Å²) in [5.74, 6) is 1.04. The zero-order valence-corrected chi connectivity index (χ0v) is 11.1. The van der Waals surface area contributed by atoms with Crippen molar-refractivity contribution < 1.29 is 4.74 Å². The van der Waals surface area contributed by atoms with Crippen molar-refractivity contribution in [1.82, 2.24) is 0 Å². The molecular weight excluding hydrogens is 292 g/mol. The summed E-state index contributed by atoms with van der Waals surface area (Å²) < 4.78 is 6.98. The number of benzene rings is 1. The van der Waals surface area contributed by atoms with Gasteiger partial charge in [0.1, 0.15) is 9.83 Å². The smallest absolute Gasteiger partial charge is 0.124 e. The molecule has 1 aromatic rings. The van der Waals surface area contributed by atoms with Crippen molar-refractivity contribution in [2.24, 2.45) is 0 Å². The summed E-state index contributed by atoms with van der Waals surface area (Å²) >= 11 is 7.32. The molecule has 2 aliphatic rings. The van der Waals surface area contributed by atoms with E-state index in [-0.39, 0.29) is 4.08 Å². The lowest BCUT2D eigenvalue weighted by Crippen LogP contribution is -2.24. The molecule has 1 nitrogen and oxygen atoms in total. The van der Waals surface area contributed by atoms with Crippen LogP contribution in [0, 0.1) is 0 Å². The van der Waals surface area contributed by atoms with Gasteiger partial charge in [-0.05, 0) is 29.0 Å². The highest BCUT2D eigenvalue weighted by atomic mass is 79.9. The molecule has 2 aliphatic heterocycles. The Balaban J connectivity index is 2.13. The Kier molecular flexibility index (Phi) is 2.53. The fraction of sp³-hybridized carbons (Fsp3) is 0.273. The van der Waals surface area contributed by atoms with Gasteiger partial charge in [-0.1, -0.05) is 15.9 Å². The largest absolute Gasteiger partial charge is 0.493 e. The molecule has 15 heavy (non-hydrogen) atoms. The molecule has 0 saturated carbocycles. The minimum atomic E-state index is 0.164. The van der Waals surface area contributed by atoms with E-state index in [2.05, 4.69) is 38.9 Å². The lowest BCUT2D eigenvalue weighted by Gasteiger charge is -2.33. The van der Waals surface area contributed by atoms with Crippen molar-refractivity contribution in [3.63, 3.8) is 0 Å². The maximum atomic E-state index is 5.69. The molecule has 78 valence electrons. The third kappa shape index (κ3) is 1.63. The average molecular weight is 301 g/mol. The Morgan fingerprint density at radius 3 is 2.87 bits per heavy atom. The van der Waals surface area contributed by atoms with Crippen LogP contribution in [0.2, 0.25) is 0 Å². The molecule has 0 N–H and O–H groups in total.